The third-order valence-corrected chi connectivity index (χ3v) is 3.86. The van der Waals surface area contributed by atoms with Gasteiger partial charge in [0.25, 0.3) is 5.91 Å². The Hall–Kier alpha value is -3.06. The van der Waals surface area contributed by atoms with Crippen molar-refractivity contribution in [2.75, 3.05) is 25.6 Å². The van der Waals surface area contributed by atoms with Crippen LogP contribution >= 0.6 is 11.6 Å². The fourth-order valence-electron chi connectivity index (χ4n) is 2.04. The highest BCUT2D eigenvalue weighted by atomic mass is 35.5. The molecule has 2 aromatic rings. The molecule has 2 aromatic carbocycles. The van der Waals surface area contributed by atoms with Crippen LogP contribution in [-0.2, 0) is 19.1 Å². The molecule has 0 fully saturated rings. The van der Waals surface area contributed by atoms with Crippen molar-refractivity contribution >= 4 is 35.1 Å². The van der Waals surface area contributed by atoms with Crippen LogP contribution in [0.25, 0.3) is 0 Å². The number of benzene rings is 2. The molecule has 0 aliphatic rings. The van der Waals surface area contributed by atoms with Crippen molar-refractivity contribution in [1.82, 2.24) is 0 Å². The molecule has 7 nitrogen and oxygen atoms in total. The molecule has 0 bridgehead atoms. The minimum Gasteiger partial charge on any atom is -0.482 e. The first-order chi connectivity index (χ1) is 12.9. The summed E-state index contributed by atoms with van der Waals surface area (Å²) >= 11 is 5.91. The number of nitrogens with one attached hydrogen (secondary N) is 1. The minimum absolute atomic E-state index is 0.331. The van der Waals surface area contributed by atoms with Crippen LogP contribution in [0.15, 0.2) is 42.5 Å². The lowest BCUT2D eigenvalue weighted by Gasteiger charge is -2.09. The maximum absolute atomic E-state index is 11.8. The van der Waals surface area contributed by atoms with Crippen LogP contribution in [0.3, 0.4) is 0 Å². The van der Waals surface area contributed by atoms with Gasteiger partial charge in [-0.1, -0.05) is 11.6 Å². The van der Waals surface area contributed by atoms with E-state index in [1.54, 1.807) is 18.2 Å². The Morgan fingerprint density at radius 3 is 2.37 bits per heavy atom. The highest BCUT2D eigenvalue weighted by molar-refractivity contribution is 6.31. The first-order valence-corrected chi connectivity index (χ1v) is 8.29. The van der Waals surface area contributed by atoms with E-state index in [9.17, 15) is 14.4 Å². The molecule has 27 heavy (non-hydrogen) atoms. The monoisotopic (exact) mass is 391 g/mol. The van der Waals surface area contributed by atoms with E-state index in [-0.39, 0.29) is 6.61 Å². The zero-order valence-corrected chi connectivity index (χ0v) is 15.5. The standard InChI is InChI=1S/C19H18ClNO6/c1-12-9-15(7-8-16(12)20)26-11-18(23)27-10-17(22)21-14-5-3-13(4-6-14)19(24)25-2/h3-9H,10-11H2,1-2H3,(H,21,22). The van der Waals surface area contributed by atoms with Gasteiger partial charge >= 0.3 is 11.9 Å². The number of carbonyl (C=O) groups excluding carboxylic acids is 3. The molecular weight excluding hydrogens is 374 g/mol. The number of methoxy groups -OCH3 is 1. The van der Waals surface area contributed by atoms with Crippen molar-refractivity contribution in [2.45, 2.75) is 6.92 Å². The molecule has 0 aliphatic carbocycles. The number of esters is 2. The Balaban J connectivity index is 1.75. The Morgan fingerprint density at radius 2 is 1.74 bits per heavy atom. The fraction of sp³-hybridized carbons (Fsp3) is 0.211. The lowest BCUT2D eigenvalue weighted by Crippen LogP contribution is -2.23. The van der Waals surface area contributed by atoms with Gasteiger partial charge in [-0.2, -0.15) is 0 Å². The second kappa shape index (κ2) is 9.59. The van der Waals surface area contributed by atoms with Gasteiger partial charge in [-0.15, -0.1) is 0 Å². The third kappa shape index (κ3) is 6.31. The van der Waals surface area contributed by atoms with Crippen LogP contribution in [0.1, 0.15) is 15.9 Å². The molecule has 142 valence electrons. The molecular formula is C19H18ClNO6. The molecule has 0 heterocycles. The number of rotatable bonds is 7. The van der Waals surface area contributed by atoms with E-state index in [2.05, 4.69) is 10.1 Å². The SMILES string of the molecule is COC(=O)c1ccc(NC(=O)COC(=O)COc2ccc(Cl)c(C)c2)cc1. The van der Waals surface area contributed by atoms with Crippen molar-refractivity contribution in [2.24, 2.45) is 0 Å². The van der Waals surface area contributed by atoms with E-state index < -0.39 is 24.5 Å². The average Bonchev–Trinajstić information content (AvgIpc) is 2.67. The molecule has 0 aromatic heterocycles. The number of hydrogen-bond donors (Lipinski definition) is 1. The molecule has 1 amide bonds. The molecule has 0 atom stereocenters. The number of ether oxygens (including phenoxy) is 3. The molecule has 0 unspecified atom stereocenters. The summed E-state index contributed by atoms with van der Waals surface area (Å²) in [5.41, 5.74) is 1.63. The van der Waals surface area contributed by atoms with Gasteiger partial charge in [-0.3, -0.25) is 4.79 Å². The summed E-state index contributed by atoms with van der Waals surface area (Å²) in [6.45, 7) is 1.03. The first kappa shape index (κ1) is 20.3. The van der Waals surface area contributed by atoms with Crippen LogP contribution in [0.2, 0.25) is 5.02 Å². The highest BCUT2D eigenvalue weighted by Gasteiger charge is 2.10. The average molecular weight is 392 g/mol. The molecule has 8 heteroatoms. The first-order valence-electron chi connectivity index (χ1n) is 7.92. The summed E-state index contributed by atoms with van der Waals surface area (Å²) < 4.78 is 14.7. The Bertz CT molecular complexity index is 835. The van der Waals surface area contributed by atoms with E-state index in [0.717, 1.165) is 5.56 Å². The van der Waals surface area contributed by atoms with Gasteiger partial charge in [0.05, 0.1) is 12.7 Å². The van der Waals surface area contributed by atoms with Gasteiger partial charge in [0, 0.05) is 10.7 Å². The van der Waals surface area contributed by atoms with Gasteiger partial charge in [-0.05, 0) is 55.0 Å². The van der Waals surface area contributed by atoms with Crippen molar-refractivity contribution < 1.29 is 28.6 Å². The van der Waals surface area contributed by atoms with Crippen LogP contribution in [0.4, 0.5) is 5.69 Å². The fourth-order valence-corrected chi connectivity index (χ4v) is 2.16. The number of halogens is 1. The van der Waals surface area contributed by atoms with Gasteiger partial charge in [0.1, 0.15) is 5.75 Å². The van der Waals surface area contributed by atoms with Gasteiger partial charge in [0.15, 0.2) is 13.2 Å². The summed E-state index contributed by atoms with van der Waals surface area (Å²) in [6.07, 6.45) is 0. The summed E-state index contributed by atoms with van der Waals surface area (Å²) in [7, 11) is 1.28. The lowest BCUT2D eigenvalue weighted by molar-refractivity contribution is -0.149. The predicted molar refractivity (Wildman–Crippen MR) is 99.1 cm³/mol. The highest BCUT2D eigenvalue weighted by Crippen LogP contribution is 2.20. The van der Waals surface area contributed by atoms with Crippen molar-refractivity contribution in [3.05, 3.63) is 58.6 Å². The Labute approximate surface area is 161 Å². The number of carbonyl (C=O) groups is 3. The molecule has 2 rings (SSSR count). The lowest BCUT2D eigenvalue weighted by atomic mass is 10.2. The van der Waals surface area contributed by atoms with Crippen molar-refractivity contribution in [3.8, 4) is 5.75 Å². The summed E-state index contributed by atoms with van der Waals surface area (Å²) in [4.78, 5) is 34.8. The zero-order valence-electron chi connectivity index (χ0n) is 14.8. The van der Waals surface area contributed by atoms with E-state index in [4.69, 9.17) is 21.1 Å². The quantitative estimate of drug-likeness (QED) is 0.729. The van der Waals surface area contributed by atoms with Crippen LogP contribution in [0.5, 0.6) is 5.75 Å². The summed E-state index contributed by atoms with van der Waals surface area (Å²) in [6, 6.07) is 11.1. The largest absolute Gasteiger partial charge is 0.482 e. The summed E-state index contributed by atoms with van der Waals surface area (Å²) in [5.74, 6) is -1.20. The van der Waals surface area contributed by atoms with Gasteiger partial charge in [0.2, 0.25) is 0 Å². The zero-order chi connectivity index (χ0) is 19.8. The van der Waals surface area contributed by atoms with E-state index in [1.807, 2.05) is 6.92 Å². The van der Waals surface area contributed by atoms with Crippen LogP contribution in [-0.4, -0.2) is 38.2 Å². The normalized spacial score (nSPS) is 10.0. The summed E-state index contributed by atoms with van der Waals surface area (Å²) in [5, 5.41) is 3.14. The van der Waals surface area contributed by atoms with Crippen LogP contribution in [0, 0.1) is 6.92 Å². The third-order valence-electron chi connectivity index (χ3n) is 3.44. The molecule has 0 saturated carbocycles. The number of amides is 1. The second-order valence-electron chi connectivity index (χ2n) is 5.48. The molecule has 0 spiro atoms. The van der Waals surface area contributed by atoms with Crippen LogP contribution < -0.4 is 10.1 Å². The molecule has 0 saturated heterocycles. The topological polar surface area (TPSA) is 90.9 Å². The number of hydrogen-bond acceptors (Lipinski definition) is 6. The molecule has 0 radical (unpaired) electrons. The minimum atomic E-state index is -0.682. The Morgan fingerprint density at radius 1 is 1.04 bits per heavy atom. The smallest absolute Gasteiger partial charge is 0.344 e. The van der Waals surface area contributed by atoms with Gasteiger partial charge < -0.3 is 19.5 Å². The second-order valence-corrected chi connectivity index (χ2v) is 5.88. The predicted octanol–water partition coefficient (Wildman–Crippen LogP) is 3.00. The molecule has 1 N–H and O–H groups in total. The number of anilines is 1. The molecule has 0 aliphatic heterocycles. The maximum Gasteiger partial charge on any atom is 0.344 e. The van der Waals surface area contributed by atoms with E-state index in [1.165, 1.54) is 31.4 Å². The maximum atomic E-state index is 11.8. The Kier molecular flexibility index (Phi) is 7.19. The van der Waals surface area contributed by atoms with Gasteiger partial charge in [-0.25, -0.2) is 9.59 Å². The van der Waals surface area contributed by atoms with Crippen molar-refractivity contribution in [3.63, 3.8) is 0 Å². The number of aryl methyl sites for hydroxylation is 1. The van der Waals surface area contributed by atoms with E-state index >= 15 is 0 Å². The van der Waals surface area contributed by atoms with E-state index in [0.29, 0.717) is 22.0 Å². The van der Waals surface area contributed by atoms with Crippen molar-refractivity contribution in [1.29, 1.82) is 0 Å².